The van der Waals surface area contributed by atoms with E-state index in [0.717, 1.165) is 11.4 Å². The molecule has 5 nitrogen and oxygen atoms in total. The van der Waals surface area contributed by atoms with E-state index in [2.05, 4.69) is 10.1 Å². The van der Waals surface area contributed by atoms with Crippen molar-refractivity contribution < 1.29 is 9.47 Å². The van der Waals surface area contributed by atoms with Crippen LogP contribution in [0.2, 0.25) is 0 Å². The molecule has 0 spiro atoms. The van der Waals surface area contributed by atoms with Crippen molar-refractivity contribution in [1.29, 1.82) is 0 Å². The van der Waals surface area contributed by atoms with Crippen LogP contribution >= 0.6 is 0 Å². The van der Waals surface area contributed by atoms with Crippen molar-refractivity contribution in [2.75, 3.05) is 0 Å². The molecule has 1 saturated heterocycles. The highest BCUT2D eigenvalue weighted by atomic mass is 16.9. The lowest BCUT2D eigenvalue weighted by Crippen LogP contribution is -2.31. The molecular formula is C11H11N3O2. The molecule has 1 aliphatic rings. The maximum Gasteiger partial charge on any atom is 0.208 e. The normalized spacial score (nSPS) is 24.1. The lowest BCUT2D eigenvalue weighted by molar-refractivity contribution is -0.384. The molecule has 2 aromatic heterocycles. The van der Waals surface area contributed by atoms with Gasteiger partial charge in [-0.1, -0.05) is 0 Å². The van der Waals surface area contributed by atoms with E-state index >= 15 is 0 Å². The molecule has 16 heavy (non-hydrogen) atoms. The molecule has 0 radical (unpaired) electrons. The van der Waals surface area contributed by atoms with E-state index in [-0.39, 0.29) is 12.6 Å². The molecule has 2 aromatic rings. The molecule has 1 fully saturated rings. The van der Waals surface area contributed by atoms with Gasteiger partial charge < -0.3 is 9.47 Å². The summed E-state index contributed by atoms with van der Waals surface area (Å²) in [5.74, 6) is 0. The number of aromatic nitrogens is 3. The third kappa shape index (κ3) is 1.60. The van der Waals surface area contributed by atoms with Gasteiger partial charge in [0.1, 0.15) is 5.69 Å². The molecule has 3 rings (SSSR count). The summed E-state index contributed by atoms with van der Waals surface area (Å²) in [6.07, 6.45) is 4.89. The van der Waals surface area contributed by atoms with Gasteiger partial charge in [0.15, 0.2) is 6.29 Å². The zero-order chi connectivity index (χ0) is 11.0. The van der Waals surface area contributed by atoms with Crippen LogP contribution in [0.4, 0.5) is 0 Å². The number of hydrogen-bond acceptors (Lipinski definition) is 4. The van der Waals surface area contributed by atoms with E-state index in [0.29, 0.717) is 0 Å². The Labute approximate surface area is 92.6 Å². The fraction of sp³-hybridized carbons (Fsp3) is 0.273. The minimum atomic E-state index is -0.321. The molecule has 82 valence electrons. The van der Waals surface area contributed by atoms with E-state index < -0.39 is 0 Å². The van der Waals surface area contributed by atoms with Crippen LogP contribution in [0.15, 0.2) is 36.8 Å². The van der Waals surface area contributed by atoms with Gasteiger partial charge in [-0.15, -0.1) is 0 Å². The molecule has 0 aromatic carbocycles. The molecule has 0 atom stereocenters. The summed E-state index contributed by atoms with van der Waals surface area (Å²) >= 11 is 0. The first-order chi connectivity index (χ1) is 7.83. The number of pyridine rings is 1. The van der Waals surface area contributed by atoms with Crippen LogP contribution < -0.4 is 0 Å². The van der Waals surface area contributed by atoms with Gasteiger partial charge in [-0.25, -0.2) is 4.68 Å². The minimum absolute atomic E-state index is 0.129. The summed E-state index contributed by atoms with van der Waals surface area (Å²) in [5.41, 5.74) is 1.75. The van der Waals surface area contributed by atoms with Crippen molar-refractivity contribution >= 4 is 0 Å². The van der Waals surface area contributed by atoms with Crippen LogP contribution in [0, 0.1) is 0 Å². The van der Waals surface area contributed by atoms with Crippen LogP contribution in [0.5, 0.6) is 0 Å². The van der Waals surface area contributed by atoms with E-state index in [1.165, 1.54) is 0 Å². The summed E-state index contributed by atoms with van der Waals surface area (Å²) in [7, 11) is 0. The molecule has 0 aliphatic carbocycles. The van der Waals surface area contributed by atoms with Gasteiger partial charge in [0, 0.05) is 18.6 Å². The number of ether oxygens (including phenoxy) is 2. The maximum atomic E-state index is 5.36. The van der Waals surface area contributed by atoms with Gasteiger partial charge in [0.25, 0.3) is 0 Å². The minimum Gasteiger partial charge on any atom is -0.318 e. The first-order valence-electron chi connectivity index (χ1n) is 5.10. The summed E-state index contributed by atoms with van der Waals surface area (Å²) in [4.78, 5) is 3.96. The smallest absolute Gasteiger partial charge is 0.208 e. The van der Waals surface area contributed by atoms with Gasteiger partial charge in [-0.2, -0.15) is 5.10 Å². The van der Waals surface area contributed by atoms with Gasteiger partial charge in [-0.05, 0) is 25.1 Å². The van der Waals surface area contributed by atoms with Crippen molar-refractivity contribution in [2.24, 2.45) is 0 Å². The lowest BCUT2D eigenvalue weighted by atomic mass is 10.4. The lowest BCUT2D eigenvalue weighted by Gasteiger charge is -2.32. The van der Waals surface area contributed by atoms with Crippen molar-refractivity contribution in [3.05, 3.63) is 42.5 Å². The third-order valence-corrected chi connectivity index (χ3v) is 2.41. The number of hydrogen-bond donors (Lipinski definition) is 0. The van der Waals surface area contributed by atoms with Crippen LogP contribution in [0.3, 0.4) is 0 Å². The third-order valence-electron chi connectivity index (χ3n) is 2.41. The average Bonchev–Trinajstić information content (AvgIpc) is 2.75. The first kappa shape index (κ1) is 9.50. The molecule has 0 amide bonds. The topological polar surface area (TPSA) is 49.2 Å². The second-order valence-corrected chi connectivity index (χ2v) is 3.56. The molecule has 5 heteroatoms. The molecule has 0 N–H and O–H groups in total. The molecular weight excluding hydrogens is 206 g/mol. The Morgan fingerprint density at radius 1 is 1.19 bits per heavy atom. The number of nitrogens with zero attached hydrogens (tertiary/aromatic N) is 3. The second kappa shape index (κ2) is 3.70. The van der Waals surface area contributed by atoms with Gasteiger partial charge >= 0.3 is 0 Å². The predicted molar refractivity (Wildman–Crippen MR) is 55.7 cm³/mol. The van der Waals surface area contributed by atoms with Crippen molar-refractivity contribution in [3.8, 4) is 5.69 Å². The standard InChI is InChI=1S/C11H11N3O2/c1-8-15-11(16-8)10-4-7-14(13-10)9-2-5-12-6-3-9/h2-8,11H,1H3. The zero-order valence-corrected chi connectivity index (χ0v) is 8.78. The Morgan fingerprint density at radius 2 is 1.94 bits per heavy atom. The Morgan fingerprint density at radius 3 is 2.62 bits per heavy atom. The highest BCUT2D eigenvalue weighted by Crippen LogP contribution is 2.30. The van der Waals surface area contributed by atoms with Crippen molar-refractivity contribution in [3.63, 3.8) is 0 Å². The molecule has 3 heterocycles. The molecule has 1 aliphatic heterocycles. The quantitative estimate of drug-likeness (QED) is 0.767. The van der Waals surface area contributed by atoms with E-state index in [4.69, 9.17) is 9.47 Å². The van der Waals surface area contributed by atoms with Crippen molar-refractivity contribution in [1.82, 2.24) is 14.8 Å². The summed E-state index contributed by atoms with van der Waals surface area (Å²) < 4.78 is 12.5. The Balaban J connectivity index is 1.83. The van der Waals surface area contributed by atoms with Crippen molar-refractivity contribution in [2.45, 2.75) is 19.5 Å². The largest absolute Gasteiger partial charge is 0.318 e. The Kier molecular flexibility index (Phi) is 2.19. The number of rotatable bonds is 2. The predicted octanol–water partition coefficient (Wildman–Crippen LogP) is 1.66. The Bertz CT molecular complexity index is 477. The Hall–Kier alpha value is -1.72. The summed E-state index contributed by atoms with van der Waals surface area (Å²) in [6, 6.07) is 5.67. The first-order valence-corrected chi connectivity index (χ1v) is 5.10. The maximum absolute atomic E-state index is 5.36. The van der Waals surface area contributed by atoms with E-state index in [1.807, 2.05) is 31.3 Å². The fourth-order valence-corrected chi connectivity index (χ4v) is 1.60. The summed E-state index contributed by atoms with van der Waals surface area (Å²) in [5, 5.41) is 4.38. The second-order valence-electron chi connectivity index (χ2n) is 3.56. The van der Waals surface area contributed by atoms with Crippen LogP contribution in [-0.2, 0) is 9.47 Å². The van der Waals surface area contributed by atoms with Crippen LogP contribution in [-0.4, -0.2) is 21.1 Å². The monoisotopic (exact) mass is 217 g/mol. The molecule has 0 saturated carbocycles. The van der Waals surface area contributed by atoms with Crippen LogP contribution in [0.25, 0.3) is 5.69 Å². The van der Waals surface area contributed by atoms with E-state index in [9.17, 15) is 0 Å². The van der Waals surface area contributed by atoms with Gasteiger partial charge in [0.05, 0.1) is 5.69 Å². The summed E-state index contributed by atoms with van der Waals surface area (Å²) in [6.45, 7) is 1.86. The van der Waals surface area contributed by atoms with Crippen LogP contribution in [0.1, 0.15) is 18.9 Å². The van der Waals surface area contributed by atoms with E-state index in [1.54, 1.807) is 17.1 Å². The fourth-order valence-electron chi connectivity index (χ4n) is 1.60. The molecule has 0 unspecified atom stereocenters. The SMILES string of the molecule is CC1OC(c2ccn(-c3ccncc3)n2)O1. The highest BCUT2D eigenvalue weighted by Gasteiger charge is 2.30. The average molecular weight is 217 g/mol. The van der Waals surface area contributed by atoms with Gasteiger partial charge in [-0.3, -0.25) is 4.98 Å². The molecule has 0 bridgehead atoms. The highest BCUT2D eigenvalue weighted by molar-refractivity contribution is 5.28. The van der Waals surface area contributed by atoms with Gasteiger partial charge in [0.2, 0.25) is 6.29 Å². The zero-order valence-electron chi connectivity index (χ0n) is 8.78.